The molecule has 1 heterocycles. The fourth-order valence-corrected chi connectivity index (χ4v) is 3.02. The second-order valence-corrected chi connectivity index (χ2v) is 6.05. The van der Waals surface area contributed by atoms with Crippen molar-refractivity contribution in [2.75, 3.05) is 13.1 Å². The maximum Gasteiger partial charge on any atom is 0.120 e. The van der Waals surface area contributed by atoms with Gasteiger partial charge in [0.15, 0.2) is 0 Å². The number of aromatic hydroxyl groups is 1. The molecule has 0 atom stereocenters. The Morgan fingerprint density at radius 2 is 1.95 bits per heavy atom. The fraction of sp³-hybridized carbons (Fsp3) is 0.625. The highest BCUT2D eigenvalue weighted by Gasteiger charge is 2.31. The van der Waals surface area contributed by atoms with E-state index >= 15 is 0 Å². The van der Waals surface area contributed by atoms with Crippen LogP contribution >= 0.6 is 0 Å². The highest BCUT2D eigenvalue weighted by molar-refractivity contribution is 5.35. The largest absolute Gasteiger partial charge is 0.508 e. The van der Waals surface area contributed by atoms with Crippen LogP contribution in [0.1, 0.15) is 36.8 Å². The van der Waals surface area contributed by atoms with Crippen LogP contribution in [0, 0.1) is 6.92 Å². The molecule has 3 rings (SSSR count). The molecule has 0 spiro atoms. The summed E-state index contributed by atoms with van der Waals surface area (Å²) >= 11 is 0. The predicted molar refractivity (Wildman–Crippen MR) is 77.3 cm³/mol. The molecule has 0 radical (unpaired) electrons. The first-order chi connectivity index (χ1) is 9.22. The molecule has 104 valence electrons. The summed E-state index contributed by atoms with van der Waals surface area (Å²) in [6.45, 7) is 5.32. The predicted octanol–water partition coefficient (Wildman–Crippen LogP) is 2.42. The van der Waals surface area contributed by atoms with Gasteiger partial charge < -0.3 is 15.3 Å². The van der Waals surface area contributed by atoms with Crippen LogP contribution in [0.2, 0.25) is 0 Å². The van der Waals surface area contributed by atoms with Crippen LogP contribution in [0.4, 0.5) is 0 Å². The Labute approximate surface area is 115 Å². The lowest BCUT2D eigenvalue weighted by atomic mass is 10.0. The van der Waals surface area contributed by atoms with Gasteiger partial charge in [-0.05, 0) is 51.8 Å². The Morgan fingerprint density at radius 3 is 2.63 bits per heavy atom. The van der Waals surface area contributed by atoms with Crippen molar-refractivity contribution < 1.29 is 5.11 Å². The molecule has 1 aromatic carbocycles. The lowest BCUT2D eigenvalue weighted by Crippen LogP contribution is -2.43. The molecule has 1 saturated heterocycles. The first-order valence-electron chi connectivity index (χ1n) is 7.48. The molecule has 0 amide bonds. The van der Waals surface area contributed by atoms with Crippen LogP contribution in [0.3, 0.4) is 0 Å². The molecule has 1 aliphatic carbocycles. The summed E-state index contributed by atoms with van der Waals surface area (Å²) in [4.78, 5) is 2.64. The molecule has 2 fully saturated rings. The van der Waals surface area contributed by atoms with Gasteiger partial charge in [0.05, 0.1) is 0 Å². The summed E-state index contributed by atoms with van der Waals surface area (Å²) in [5.74, 6) is 0.411. The third kappa shape index (κ3) is 3.28. The van der Waals surface area contributed by atoms with Crippen LogP contribution in [0.25, 0.3) is 0 Å². The Hall–Kier alpha value is -1.06. The van der Waals surface area contributed by atoms with Gasteiger partial charge in [0.25, 0.3) is 0 Å². The summed E-state index contributed by atoms with van der Waals surface area (Å²) in [5, 5.41) is 13.4. The van der Waals surface area contributed by atoms with Gasteiger partial charge in [-0.1, -0.05) is 17.7 Å². The summed E-state index contributed by atoms with van der Waals surface area (Å²) in [6.07, 6.45) is 5.30. The molecule has 0 aromatic heterocycles. The van der Waals surface area contributed by atoms with Gasteiger partial charge in [-0.2, -0.15) is 0 Å². The molecule has 0 bridgehead atoms. The van der Waals surface area contributed by atoms with Crippen molar-refractivity contribution in [3.05, 3.63) is 29.3 Å². The highest BCUT2D eigenvalue weighted by Crippen LogP contribution is 2.29. The number of nitrogens with one attached hydrogen (secondary N) is 1. The Kier molecular flexibility index (Phi) is 3.76. The number of hydrogen-bond donors (Lipinski definition) is 2. The second kappa shape index (κ2) is 5.51. The van der Waals surface area contributed by atoms with Crippen molar-refractivity contribution in [3.8, 4) is 5.75 Å². The van der Waals surface area contributed by atoms with Crippen LogP contribution in [0.15, 0.2) is 18.2 Å². The molecule has 1 aliphatic heterocycles. The van der Waals surface area contributed by atoms with E-state index in [0.717, 1.165) is 18.2 Å². The van der Waals surface area contributed by atoms with E-state index < -0.39 is 0 Å². The normalized spacial score (nSPS) is 21.7. The molecular weight excluding hydrogens is 236 g/mol. The zero-order valence-electron chi connectivity index (χ0n) is 11.7. The number of aryl methyl sites for hydroxylation is 1. The molecular formula is C16H24N2O. The highest BCUT2D eigenvalue weighted by atomic mass is 16.3. The lowest BCUT2D eigenvalue weighted by Gasteiger charge is -2.32. The first kappa shape index (κ1) is 12.9. The summed E-state index contributed by atoms with van der Waals surface area (Å²) in [6, 6.07) is 7.33. The van der Waals surface area contributed by atoms with Gasteiger partial charge in [0.2, 0.25) is 0 Å². The van der Waals surface area contributed by atoms with Crippen LogP contribution in [-0.4, -0.2) is 35.2 Å². The monoisotopic (exact) mass is 260 g/mol. The summed E-state index contributed by atoms with van der Waals surface area (Å²) in [7, 11) is 0. The maximum atomic E-state index is 9.84. The Morgan fingerprint density at radius 1 is 1.21 bits per heavy atom. The third-order valence-corrected chi connectivity index (χ3v) is 4.41. The van der Waals surface area contributed by atoms with Crippen LogP contribution in [0.5, 0.6) is 5.75 Å². The average Bonchev–Trinajstić information content (AvgIpc) is 3.25. The fourth-order valence-electron chi connectivity index (χ4n) is 3.02. The van der Waals surface area contributed by atoms with Crippen molar-refractivity contribution in [3.63, 3.8) is 0 Å². The number of benzene rings is 1. The molecule has 1 aromatic rings. The number of piperidine rings is 1. The Bertz CT molecular complexity index is 434. The molecule has 3 nitrogen and oxygen atoms in total. The number of nitrogens with zero attached hydrogens (tertiary/aromatic N) is 1. The van der Waals surface area contributed by atoms with E-state index in [9.17, 15) is 5.11 Å². The van der Waals surface area contributed by atoms with Crippen LogP contribution in [-0.2, 0) is 6.54 Å². The SMILES string of the molecule is Cc1ccc(O)c(CNC2CCN(C3CC3)CC2)c1. The molecule has 2 N–H and O–H groups in total. The minimum Gasteiger partial charge on any atom is -0.508 e. The van der Waals surface area contributed by atoms with Gasteiger partial charge >= 0.3 is 0 Å². The molecule has 1 saturated carbocycles. The minimum atomic E-state index is 0.411. The number of phenolic OH excluding ortho intramolecular Hbond substituents is 1. The smallest absolute Gasteiger partial charge is 0.120 e. The molecule has 19 heavy (non-hydrogen) atoms. The quantitative estimate of drug-likeness (QED) is 0.872. The topological polar surface area (TPSA) is 35.5 Å². The Balaban J connectivity index is 1.48. The minimum absolute atomic E-state index is 0.411. The number of rotatable bonds is 4. The number of likely N-dealkylation sites (tertiary alicyclic amines) is 1. The summed E-state index contributed by atoms with van der Waals surface area (Å²) in [5.41, 5.74) is 2.22. The third-order valence-electron chi connectivity index (χ3n) is 4.41. The molecule has 2 aliphatic rings. The van der Waals surface area contributed by atoms with Gasteiger partial charge in [-0.15, -0.1) is 0 Å². The van der Waals surface area contributed by atoms with E-state index in [1.165, 1.54) is 44.3 Å². The van der Waals surface area contributed by atoms with Crippen molar-refractivity contribution in [1.29, 1.82) is 0 Å². The van der Waals surface area contributed by atoms with Gasteiger partial charge in [-0.3, -0.25) is 0 Å². The maximum absolute atomic E-state index is 9.84. The van der Waals surface area contributed by atoms with E-state index in [1.54, 1.807) is 6.07 Å². The molecule has 3 heteroatoms. The van der Waals surface area contributed by atoms with Gasteiger partial charge in [0, 0.05) is 24.2 Å². The lowest BCUT2D eigenvalue weighted by molar-refractivity contribution is 0.189. The van der Waals surface area contributed by atoms with E-state index in [0.29, 0.717) is 11.8 Å². The zero-order valence-corrected chi connectivity index (χ0v) is 11.7. The van der Waals surface area contributed by atoms with Crippen molar-refractivity contribution >= 4 is 0 Å². The van der Waals surface area contributed by atoms with E-state index in [-0.39, 0.29) is 0 Å². The first-order valence-corrected chi connectivity index (χ1v) is 7.48. The summed E-state index contributed by atoms with van der Waals surface area (Å²) < 4.78 is 0. The van der Waals surface area contributed by atoms with Crippen molar-refractivity contribution in [2.45, 2.75) is 51.2 Å². The molecule has 0 unspecified atom stereocenters. The second-order valence-electron chi connectivity index (χ2n) is 6.05. The number of phenols is 1. The van der Waals surface area contributed by atoms with E-state index in [4.69, 9.17) is 0 Å². The van der Waals surface area contributed by atoms with E-state index in [2.05, 4.69) is 23.2 Å². The zero-order chi connectivity index (χ0) is 13.2. The van der Waals surface area contributed by atoms with Crippen molar-refractivity contribution in [2.24, 2.45) is 0 Å². The standard InChI is InChI=1S/C16H24N2O/c1-12-2-5-16(19)13(10-12)11-17-14-6-8-18(9-7-14)15-3-4-15/h2,5,10,14-15,17,19H,3-4,6-9,11H2,1H3. The van der Waals surface area contributed by atoms with Crippen molar-refractivity contribution in [1.82, 2.24) is 10.2 Å². The number of hydrogen-bond acceptors (Lipinski definition) is 3. The van der Waals surface area contributed by atoms with Crippen LogP contribution < -0.4 is 5.32 Å². The van der Waals surface area contributed by atoms with Gasteiger partial charge in [-0.25, -0.2) is 0 Å². The van der Waals surface area contributed by atoms with Gasteiger partial charge in [0.1, 0.15) is 5.75 Å². The average molecular weight is 260 g/mol. The van der Waals surface area contributed by atoms with E-state index in [1.807, 2.05) is 6.07 Å².